The van der Waals surface area contributed by atoms with Crippen LogP contribution in [0.1, 0.15) is 18.9 Å². The van der Waals surface area contributed by atoms with Crippen molar-refractivity contribution < 1.29 is 4.79 Å². The van der Waals surface area contributed by atoms with E-state index in [1.54, 1.807) is 0 Å². The van der Waals surface area contributed by atoms with Crippen LogP contribution in [0.15, 0.2) is 29.8 Å². The summed E-state index contributed by atoms with van der Waals surface area (Å²) < 4.78 is 0. The van der Waals surface area contributed by atoms with Gasteiger partial charge in [0.15, 0.2) is 0 Å². The second-order valence-corrected chi connectivity index (χ2v) is 3.68. The van der Waals surface area contributed by atoms with Gasteiger partial charge >= 0.3 is 0 Å². The summed E-state index contributed by atoms with van der Waals surface area (Å²) >= 11 is 0. The molecular formula is C13H17NO. The maximum absolute atomic E-state index is 10.6. The molecule has 0 aliphatic carbocycles. The lowest BCUT2D eigenvalue weighted by Gasteiger charge is -2.11. The molecule has 0 amide bonds. The Bertz CT molecular complexity index is 349. The number of rotatable bonds is 4. The fraction of sp³-hybridized carbons (Fsp3) is 0.308. The SMILES string of the molecule is CC/C(C=O)=C\c1ccc(N(C)C)cc1. The molecule has 1 rings (SSSR count). The van der Waals surface area contributed by atoms with E-state index in [1.165, 1.54) is 0 Å². The molecule has 0 saturated carbocycles. The zero-order valence-corrected chi connectivity index (χ0v) is 9.53. The molecule has 0 aliphatic rings. The van der Waals surface area contributed by atoms with Crippen LogP contribution in [0.2, 0.25) is 0 Å². The lowest BCUT2D eigenvalue weighted by atomic mass is 10.1. The number of carbonyl (C=O) groups excluding carboxylic acids is 1. The van der Waals surface area contributed by atoms with Crippen LogP contribution < -0.4 is 4.90 Å². The van der Waals surface area contributed by atoms with Crippen molar-refractivity contribution >= 4 is 18.0 Å². The van der Waals surface area contributed by atoms with Gasteiger partial charge in [-0.25, -0.2) is 0 Å². The summed E-state index contributed by atoms with van der Waals surface area (Å²) in [6.07, 6.45) is 3.62. The summed E-state index contributed by atoms with van der Waals surface area (Å²) in [4.78, 5) is 12.7. The van der Waals surface area contributed by atoms with Gasteiger partial charge in [-0.1, -0.05) is 19.1 Å². The van der Waals surface area contributed by atoms with E-state index in [9.17, 15) is 4.79 Å². The molecule has 0 atom stereocenters. The highest BCUT2D eigenvalue weighted by Gasteiger charge is 1.95. The van der Waals surface area contributed by atoms with Crippen molar-refractivity contribution in [2.24, 2.45) is 0 Å². The van der Waals surface area contributed by atoms with Crippen LogP contribution in [0, 0.1) is 0 Å². The first-order valence-corrected chi connectivity index (χ1v) is 5.10. The third-order valence-corrected chi connectivity index (χ3v) is 2.32. The summed E-state index contributed by atoms with van der Waals surface area (Å²) in [6, 6.07) is 8.14. The minimum absolute atomic E-state index is 0.777. The van der Waals surface area contributed by atoms with Crippen LogP contribution in [0.25, 0.3) is 6.08 Å². The van der Waals surface area contributed by atoms with Gasteiger partial charge in [-0.15, -0.1) is 0 Å². The number of benzene rings is 1. The first-order valence-electron chi connectivity index (χ1n) is 5.10. The van der Waals surface area contributed by atoms with E-state index in [1.807, 2.05) is 56.3 Å². The zero-order chi connectivity index (χ0) is 11.3. The summed E-state index contributed by atoms with van der Waals surface area (Å²) in [6.45, 7) is 1.98. The Morgan fingerprint density at radius 1 is 1.27 bits per heavy atom. The Hall–Kier alpha value is -1.57. The van der Waals surface area contributed by atoms with Crippen LogP contribution in [0.3, 0.4) is 0 Å². The molecule has 0 aliphatic heterocycles. The standard InChI is InChI=1S/C13H17NO/c1-4-11(10-15)9-12-5-7-13(8-6-12)14(2)3/h5-10H,4H2,1-3H3/b11-9+. The molecule has 0 fully saturated rings. The number of hydrogen-bond donors (Lipinski definition) is 0. The Kier molecular flexibility index (Phi) is 4.10. The van der Waals surface area contributed by atoms with Crippen molar-refractivity contribution in [3.8, 4) is 0 Å². The van der Waals surface area contributed by atoms with Gasteiger partial charge in [0.2, 0.25) is 0 Å². The van der Waals surface area contributed by atoms with E-state index in [-0.39, 0.29) is 0 Å². The maximum atomic E-state index is 10.6. The summed E-state index contributed by atoms with van der Waals surface area (Å²) in [5.74, 6) is 0. The molecule has 0 bridgehead atoms. The van der Waals surface area contributed by atoms with Crippen molar-refractivity contribution in [3.05, 3.63) is 35.4 Å². The Morgan fingerprint density at radius 2 is 1.87 bits per heavy atom. The molecule has 2 nitrogen and oxygen atoms in total. The highest BCUT2D eigenvalue weighted by Crippen LogP contribution is 2.14. The highest BCUT2D eigenvalue weighted by atomic mass is 16.1. The van der Waals surface area contributed by atoms with Gasteiger partial charge in [0.25, 0.3) is 0 Å². The molecular weight excluding hydrogens is 186 g/mol. The zero-order valence-electron chi connectivity index (χ0n) is 9.53. The lowest BCUT2D eigenvalue weighted by molar-refractivity contribution is -0.104. The molecule has 0 aromatic heterocycles. The van der Waals surface area contributed by atoms with E-state index in [4.69, 9.17) is 0 Å². The number of aldehydes is 1. The monoisotopic (exact) mass is 203 g/mol. The van der Waals surface area contributed by atoms with E-state index in [0.29, 0.717) is 0 Å². The van der Waals surface area contributed by atoms with Crippen LogP contribution in [0.4, 0.5) is 5.69 Å². The lowest BCUT2D eigenvalue weighted by Crippen LogP contribution is -2.07. The van der Waals surface area contributed by atoms with Crippen molar-refractivity contribution in [1.29, 1.82) is 0 Å². The van der Waals surface area contributed by atoms with Crippen molar-refractivity contribution in [3.63, 3.8) is 0 Å². The predicted molar refractivity (Wildman–Crippen MR) is 65.1 cm³/mol. The van der Waals surface area contributed by atoms with Crippen molar-refractivity contribution in [1.82, 2.24) is 0 Å². The van der Waals surface area contributed by atoms with Gasteiger partial charge in [-0.2, -0.15) is 0 Å². The molecule has 15 heavy (non-hydrogen) atoms. The topological polar surface area (TPSA) is 20.3 Å². The molecule has 0 radical (unpaired) electrons. The van der Waals surface area contributed by atoms with Crippen LogP contribution in [-0.2, 0) is 4.79 Å². The third kappa shape index (κ3) is 3.24. The number of allylic oxidation sites excluding steroid dienone is 1. The van der Waals surface area contributed by atoms with Gasteiger partial charge in [-0.3, -0.25) is 4.79 Å². The Balaban J connectivity index is 2.89. The van der Waals surface area contributed by atoms with Crippen LogP contribution >= 0.6 is 0 Å². The summed E-state index contributed by atoms with van der Waals surface area (Å²) in [5.41, 5.74) is 3.06. The van der Waals surface area contributed by atoms with Crippen LogP contribution in [-0.4, -0.2) is 20.4 Å². The van der Waals surface area contributed by atoms with Gasteiger partial charge in [-0.05, 0) is 35.8 Å². The van der Waals surface area contributed by atoms with E-state index in [2.05, 4.69) is 0 Å². The normalized spacial score (nSPS) is 11.3. The molecule has 0 spiro atoms. The molecule has 80 valence electrons. The number of hydrogen-bond acceptors (Lipinski definition) is 2. The molecule has 1 aromatic rings. The fourth-order valence-electron chi connectivity index (χ4n) is 1.30. The van der Waals surface area contributed by atoms with E-state index >= 15 is 0 Å². The molecule has 0 unspecified atom stereocenters. The molecule has 0 saturated heterocycles. The first kappa shape index (κ1) is 11.5. The average Bonchev–Trinajstić information content (AvgIpc) is 2.26. The molecule has 1 aromatic carbocycles. The van der Waals surface area contributed by atoms with E-state index in [0.717, 1.165) is 29.5 Å². The van der Waals surface area contributed by atoms with Gasteiger partial charge in [0.05, 0.1) is 0 Å². The van der Waals surface area contributed by atoms with Crippen molar-refractivity contribution in [2.75, 3.05) is 19.0 Å². The first-order chi connectivity index (χ1) is 7.17. The highest BCUT2D eigenvalue weighted by molar-refractivity contribution is 5.81. The second-order valence-electron chi connectivity index (χ2n) is 3.68. The summed E-state index contributed by atoms with van der Waals surface area (Å²) in [5, 5.41) is 0. The number of carbonyl (C=O) groups is 1. The smallest absolute Gasteiger partial charge is 0.146 e. The van der Waals surface area contributed by atoms with Gasteiger partial charge in [0, 0.05) is 19.8 Å². The Morgan fingerprint density at radius 3 is 2.27 bits per heavy atom. The van der Waals surface area contributed by atoms with Crippen molar-refractivity contribution in [2.45, 2.75) is 13.3 Å². The van der Waals surface area contributed by atoms with E-state index < -0.39 is 0 Å². The predicted octanol–water partition coefficient (Wildman–Crippen LogP) is 2.74. The fourth-order valence-corrected chi connectivity index (χ4v) is 1.30. The Labute approximate surface area is 91.2 Å². The second kappa shape index (κ2) is 5.35. The number of nitrogens with zero attached hydrogens (tertiary/aromatic N) is 1. The number of anilines is 1. The quantitative estimate of drug-likeness (QED) is 0.554. The minimum Gasteiger partial charge on any atom is -0.378 e. The maximum Gasteiger partial charge on any atom is 0.146 e. The molecule has 2 heteroatoms. The van der Waals surface area contributed by atoms with Crippen LogP contribution in [0.5, 0.6) is 0 Å². The minimum atomic E-state index is 0.777. The average molecular weight is 203 g/mol. The van der Waals surface area contributed by atoms with Gasteiger partial charge < -0.3 is 4.90 Å². The summed E-state index contributed by atoms with van der Waals surface area (Å²) in [7, 11) is 4.02. The molecule has 0 N–H and O–H groups in total. The third-order valence-electron chi connectivity index (χ3n) is 2.32. The van der Waals surface area contributed by atoms with Gasteiger partial charge in [0.1, 0.15) is 6.29 Å². The molecule has 0 heterocycles. The largest absolute Gasteiger partial charge is 0.378 e.